The number of rotatable bonds is 2. The zero-order valence-corrected chi connectivity index (χ0v) is 14.0. The van der Waals surface area contributed by atoms with Crippen molar-refractivity contribution in [3.05, 3.63) is 54.2 Å². The third-order valence-corrected chi connectivity index (χ3v) is 4.73. The van der Waals surface area contributed by atoms with E-state index in [4.69, 9.17) is 14.5 Å². The molecule has 1 aliphatic heterocycles. The van der Waals surface area contributed by atoms with Crippen LogP contribution < -0.4 is 9.47 Å². The molecule has 0 N–H and O–H groups in total. The number of hydrogen-bond acceptors (Lipinski definition) is 6. The first-order valence-electron chi connectivity index (χ1n) is 7.94. The Hall–Kier alpha value is -2.99. The van der Waals surface area contributed by atoms with E-state index in [0.717, 1.165) is 44.9 Å². The van der Waals surface area contributed by atoms with Crippen molar-refractivity contribution in [3.63, 3.8) is 0 Å². The number of aromatic nitrogens is 3. The molecule has 0 unspecified atom stereocenters. The minimum Gasteiger partial charge on any atom is -0.486 e. The molecule has 1 aliphatic rings. The molecule has 0 saturated heterocycles. The molecule has 0 bridgehead atoms. The fourth-order valence-corrected chi connectivity index (χ4v) is 3.51. The summed E-state index contributed by atoms with van der Waals surface area (Å²) in [5, 5.41) is 2.99. The van der Waals surface area contributed by atoms with Gasteiger partial charge in [0, 0.05) is 34.2 Å². The number of fused-ring (bicyclic) bond motifs is 2. The van der Waals surface area contributed by atoms with E-state index in [0.29, 0.717) is 13.2 Å². The highest BCUT2D eigenvalue weighted by Crippen LogP contribution is 2.39. The van der Waals surface area contributed by atoms with Gasteiger partial charge in [-0.1, -0.05) is 6.07 Å². The predicted molar refractivity (Wildman–Crippen MR) is 97.1 cm³/mol. The smallest absolute Gasteiger partial charge is 0.163 e. The Labute approximate surface area is 148 Å². The number of benzene rings is 1. The van der Waals surface area contributed by atoms with Crippen molar-refractivity contribution in [1.29, 1.82) is 0 Å². The van der Waals surface area contributed by atoms with E-state index in [1.165, 1.54) is 11.5 Å². The summed E-state index contributed by atoms with van der Waals surface area (Å²) in [6, 6.07) is 11.9. The Morgan fingerprint density at radius 2 is 1.84 bits per heavy atom. The first kappa shape index (κ1) is 14.4. The minimum atomic E-state index is 0.555. The van der Waals surface area contributed by atoms with Gasteiger partial charge in [0.25, 0.3) is 0 Å². The van der Waals surface area contributed by atoms with Crippen molar-refractivity contribution >= 4 is 22.4 Å². The molecule has 0 fully saturated rings. The highest BCUT2D eigenvalue weighted by Gasteiger charge is 2.17. The lowest BCUT2D eigenvalue weighted by molar-refractivity contribution is 0.172. The molecule has 0 atom stereocenters. The van der Waals surface area contributed by atoms with Crippen molar-refractivity contribution in [2.45, 2.75) is 0 Å². The summed E-state index contributed by atoms with van der Waals surface area (Å²) >= 11 is 1.41. The Balaban J connectivity index is 1.82. The Kier molecular flexibility index (Phi) is 3.34. The molecular weight excluding hydrogens is 334 g/mol. The monoisotopic (exact) mass is 347 g/mol. The molecule has 25 heavy (non-hydrogen) atoms. The van der Waals surface area contributed by atoms with Crippen LogP contribution in [-0.2, 0) is 0 Å². The zero-order chi connectivity index (χ0) is 16.6. The number of ether oxygens (including phenoxy) is 2. The summed E-state index contributed by atoms with van der Waals surface area (Å²) in [6.07, 6.45) is 3.63. The van der Waals surface area contributed by atoms with E-state index in [1.54, 1.807) is 6.20 Å². The van der Waals surface area contributed by atoms with Crippen LogP contribution in [0.3, 0.4) is 0 Å². The van der Waals surface area contributed by atoms with Crippen LogP contribution in [0.5, 0.6) is 11.5 Å². The molecule has 0 spiro atoms. The normalized spacial score (nSPS) is 13.1. The largest absolute Gasteiger partial charge is 0.486 e. The highest BCUT2D eigenvalue weighted by molar-refractivity contribution is 7.03. The van der Waals surface area contributed by atoms with Gasteiger partial charge >= 0.3 is 0 Å². The van der Waals surface area contributed by atoms with Crippen LogP contribution in [0, 0.1) is 0 Å². The lowest BCUT2D eigenvalue weighted by atomic mass is 10.0. The Morgan fingerprint density at radius 1 is 0.960 bits per heavy atom. The van der Waals surface area contributed by atoms with Gasteiger partial charge in [-0.3, -0.25) is 4.98 Å². The summed E-state index contributed by atoms with van der Waals surface area (Å²) in [5.41, 5.74) is 4.64. The van der Waals surface area contributed by atoms with Gasteiger partial charge in [-0.2, -0.15) is 0 Å². The van der Waals surface area contributed by atoms with E-state index in [2.05, 4.69) is 15.4 Å². The van der Waals surface area contributed by atoms with Gasteiger partial charge in [0.15, 0.2) is 11.5 Å². The second-order valence-electron chi connectivity index (χ2n) is 5.70. The number of pyridine rings is 2. The Bertz CT molecular complexity index is 1050. The van der Waals surface area contributed by atoms with Crippen molar-refractivity contribution < 1.29 is 9.47 Å². The van der Waals surface area contributed by atoms with Crippen molar-refractivity contribution in [2.75, 3.05) is 13.2 Å². The van der Waals surface area contributed by atoms with E-state index in [-0.39, 0.29) is 0 Å². The van der Waals surface area contributed by atoms with Crippen LogP contribution in [0.15, 0.2) is 54.2 Å². The quantitative estimate of drug-likeness (QED) is 0.544. The van der Waals surface area contributed by atoms with Crippen LogP contribution >= 0.6 is 11.5 Å². The maximum Gasteiger partial charge on any atom is 0.163 e. The first-order valence-corrected chi connectivity index (χ1v) is 8.78. The molecule has 0 radical (unpaired) electrons. The van der Waals surface area contributed by atoms with Gasteiger partial charge in [0.1, 0.15) is 13.2 Å². The third-order valence-electron chi connectivity index (χ3n) is 4.14. The molecule has 122 valence electrons. The molecule has 3 aromatic heterocycles. The first-order chi connectivity index (χ1) is 12.4. The summed E-state index contributed by atoms with van der Waals surface area (Å²) in [4.78, 5) is 9.34. The summed E-state index contributed by atoms with van der Waals surface area (Å²) in [5.74, 6) is 1.49. The average Bonchev–Trinajstić information content (AvgIpc) is 3.21. The van der Waals surface area contributed by atoms with Crippen LogP contribution in [0.25, 0.3) is 33.4 Å². The molecule has 5 rings (SSSR count). The van der Waals surface area contributed by atoms with Gasteiger partial charge in [-0.25, -0.2) is 9.36 Å². The van der Waals surface area contributed by atoms with Gasteiger partial charge in [-0.05, 0) is 35.8 Å². The maximum absolute atomic E-state index is 5.74. The van der Waals surface area contributed by atoms with Crippen LogP contribution in [-0.4, -0.2) is 27.6 Å². The highest BCUT2D eigenvalue weighted by atomic mass is 32.1. The lowest BCUT2D eigenvalue weighted by Gasteiger charge is -2.19. The molecule has 0 aliphatic carbocycles. The van der Waals surface area contributed by atoms with Crippen LogP contribution in [0.2, 0.25) is 0 Å². The fraction of sp³-hybridized carbons (Fsp3) is 0.105. The summed E-state index contributed by atoms with van der Waals surface area (Å²) in [7, 11) is 0. The standard InChI is InChI=1S/C19H13N3O2S/c1-2-4-20-15(3-1)13-7-16(12-10-21-25-11-12)22-17-9-19-18(8-14(13)17)23-5-6-24-19/h1-4,7-11H,5-6H2. The van der Waals surface area contributed by atoms with Crippen molar-refractivity contribution in [1.82, 2.24) is 14.3 Å². The van der Waals surface area contributed by atoms with Crippen molar-refractivity contribution in [2.24, 2.45) is 0 Å². The predicted octanol–water partition coefficient (Wildman–Crippen LogP) is 4.19. The average molecular weight is 347 g/mol. The summed E-state index contributed by atoms with van der Waals surface area (Å²) in [6.45, 7) is 1.11. The molecular formula is C19H13N3O2S. The molecule has 0 amide bonds. The number of hydrogen-bond donors (Lipinski definition) is 0. The fourth-order valence-electron chi connectivity index (χ4n) is 2.98. The molecule has 0 saturated carbocycles. The van der Waals surface area contributed by atoms with E-state index < -0.39 is 0 Å². The SMILES string of the molecule is c1ccc(-c2cc(-c3cnsc3)nc3cc4c(cc23)OCCO4)nc1. The van der Waals surface area contributed by atoms with Gasteiger partial charge in [0.05, 0.1) is 23.1 Å². The summed E-state index contributed by atoms with van der Waals surface area (Å²) < 4.78 is 15.7. The van der Waals surface area contributed by atoms with Gasteiger partial charge in [0.2, 0.25) is 0 Å². The molecule has 4 heterocycles. The van der Waals surface area contributed by atoms with Gasteiger partial charge < -0.3 is 9.47 Å². The lowest BCUT2D eigenvalue weighted by Crippen LogP contribution is -2.15. The second-order valence-corrected chi connectivity index (χ2v) is 6.35. The second kappa shape index (κ2) is 5.82. The van der Waals surface area contributed by atoms with E-state index in [9.17, 15) is 0 Å². The van der Waals surface area contributed by atoms with Crippen LogP contribution in [0.1, 0.15) is 0 Å². The molecule has 6 heteroatoms. The third kappa shape index (κ3) is 2.51. The van der Waals surface area contributed by atoms with E-state index in [1.807, 2.05) is 41.9 Å². The van der Waals surface area contributed by atoms with Crippen LogP contribution in [0.4, 0.5) is 0 Å². The molecule has 5 nitrogen and oxygen atoms in total. The van der Waals surface area contributed by atoms with Gasteiger partial charge in [-0.15, -0.1) is 0 Å². The molecule has 4 aromatic rings. The minimum absolute atomic E-state index is 0.555. The number of nitrogens with zero attached hydrogens (tertiary/aromatic N) is 3. The Morgan fingerprint density at radius 3 is 2.60 bits per heavy atom. The molecule has 1 aromatic carbocycles. The topological polar surface area (TPSA) is 57.1 Å². The van der Waals surface area contributed by atoms with E-state index >= 15 is 0 Å². The zero-order valence-electron chi connectivity index (χ0n) is 13.2. The maximum atomic E-state index is 5.74. The van der Waals surface area contributed by atoms with Crippen molar-refractivity contribution in [3.8, 4) is 34.0 Å².